The van der Waals surface area contributed by atoms with Gasteiger partial charge < -0.3 is 9.84 Å². The summed E-state index contributed by atoms with van der Waals surface area (Å²) in [7, 11) is 0. The molecule has 0 aliphatic heterocycles. The Kier molecular flexibility index (Phi) is 3.49. The molecule has 5 heteroatoms. The Morgan fingerprint density at radius 1 is 1.12 bits per heavy atom. The minimum Gasteiger partial charge on any atom is -0.361 e. The molecule has 0 aliphatic rings. The summed E-state index contributed by atoms with van der Waals surface area (Å²) < 4.78 is 30.7. The van der Waals surface area contributed by atoms with E-state index in [4.69, 9.17) is 4.52 Å². The Bertz CT molecular complexity index is 491. The first-order valence-corrected chi connectivity index (χ1v) is 5.21. The molecule has 0 fully saturated rings. The standard InChI is InChI=1S/C12H12F2N2O/c1-8-2-12(16-17-8)7-15-6-9-3-10(13)5-11(14)4-9/h2-5,15H,6-7H2,1H3. The SMILES string of the molecule is Cc1cc(CNCc2cc(F)cc(F)c2)no1. The van der Waals surface area contributed by atoms with Crippen LogP contribution in [0.25, 0.3) is 0 Å². The monoisotopic (exact) mass is 238 g/mol. The van der Waals surface area contributed by atoms with E-state index >= 15 is 0 Å². The minimum atomic E-state index is -0.570. The number of rotatable bonds is 4. The van der Waals surface area contributed by atoms with E-state index in [2.05, 4.69) is 10.5 Å². The second-order valence-corrected chi connectivity index (χ2v) is 3.81. The highest BCUT2D eigenvalue weighted by Gasteiger charge is 2.02. The van der Waals surface area contributed by atoms with Crippen molar-refractivity contribution in [3.05, 3.63) is 52.9 Å². The van der Waals surface area contributed by atoms with Gasteiger partial charge >= 0.3 is 0 Å². The van der Waals surface area contributed by atoms with Gasteiger partial charge in [-0.05, 0) is 24.6 Å². The maximum Gasteiger partial charge on any atom is 0.133 e. The fourth-order valence-corrected chi connectivity index (χ4v) is 1.55. The number of hydrogen-bond acceptors (Lipinski definition) is 3. The number of aryl methyl sites for hydroxylation is 1. The van der Waals surface area contributed by atoms with Crippen molar-refractivity contribution >= 4 is 0 Å². The Morgan fingerprint density at radius 2 is 1.82 bits per heavy atom. The molecule has 1 aromatic carbocycles. The van der Waals surface area contributed by atoms with Crippen molar-refractivity contribution in [3.8, 4) is 0 Å². The number of nitrogens with zero attached hydrogens (tertiary/aromatic N) is 1. The molecule has 0 atom stereocenters. The van der Waals surface area contributed by atoms with E-state index in [-0.39, 0.29) is 0 Å². The molecular weight excluding hydrogens is 226 g/mol. The van der Waals surface area contributed by atoms with Gasteiger partial charge in [0, 0.05) is 25.2 Å². The molecule has 0 radical (unpaired) electrons. The predicted molar refractivity (Wildman–Crippen MR) is 58.1 cm³/mol. The predicted octanol–water partition coefficient (Wildman–Crippen LogP) is 2.55. The average molecular weight is 238 g/mol. The van der Waals surface area contributed by atoms with Gasteiger partial charge in [-0.2, -0.15) is 0 Å². The Morgan fingerprint density at radius 3 is 2.41 bits per heavy atom. The van der Waals surface area contributed by atoms with E-state index in [0.717, 1.165) is 17.5 Å². The number of nitrogens with one attached hydrogen (secondary N) is 1. The number of hydrogen-bond donors (Lipinski definition) is 1. The van der Waals surface area contributed by atoms with Gasteiger partial charge in [0.2, 0.25) is 0 Å². The van der Waals surface area contributed by atoms with Gasteiger partial charge in [-0.25, -0.2) is 8.78 Å². The zero-order valence-corrected chi connectivity index (χ0v) is 9.34. The van der Waals surface area contributed by atoms with Crippen molar-refractivity contribution in [3.63, 3.8) is 0 Å². The zero-order valence-electron chi connectivity index (χ0n) is 9.34. The highest BCUT2D eigenvalue weighted by Crippen LogP contribution is 2.08. The minimum absolute atomic E-state index is 0.376. The average Bonchev–Trinajstić information content (AvgIpc) is 2.63. The van der Waals surface area contributed by atoms with Crippen LogP contribution in [0.15, 0.2) is 28.8 Å². The molecule has 0 unspecified atom stereocenters. The lowest BCUT2D eigenvalue weighted by atomic mass is 10.2. The lowest BCUT2D eigenvalue weighted by molar-refractivity contribution is 0.388. The summed E-state index contributed by atoms with van der Waals surface area (Å²) >= 11 is 0. The van der Waals surface area contributed by atoms with Gasteiger partial charge in [0.05, 0.1) is 5.69 Å². The van der Waals surface area contributed by atoms with Crippen LogP contribution in [0.2, 0.25) is 0 Å². The molecule has 0 saturated carbocycles. The molecule has 1 heterocycles. The van der Waals surface area contributed by atoms with E-state index in [1.54, 1.807) is 13.0 Å². The molecule has 1 N–H and O–H groups in total. The van der Waals surface area contributed by atoms with E-state index < -0.39 is 11.6 Å². The smallest absolute Gasteiger partial charge is 0.133 e. The van der Waals surface area contributed by atoms with Gasteiger partial charge in [0.1, 0.15) is 17.4 Å². The molecule has 90 valence electrons. The van der Waals surface area contributed by atoms with Crippen LogP contribution >= 0.6 is 0 Å². The second-order valence-electron chi connectivity index (χ2n) is 3.81. The van der Waals surface area contributed by atoms with Crippen molar-refractivity contribution in [1.82, 2.24) is 10.5 Å². The van der Waals surface area contributed by atoms with Crippen molar-refractivity contribution in [2.45, 2.75) is 20.0 Å². The maximum absolute atomic E-state index is 12.9. The third-order valence-corrected chi connectivity index (χ3v) is 2.23. The van der Waals surface area contributed by atoms with E-state index in [9.17, 15) is 8.78 Å². The summed E-state index contributed by atoms with van der Waals surface area (Å²) in [5.74, 6) is -0.406. The molecule has 0 saturated heterocycles. The van der Waals surface area contributed by atoms with Crippen LogP contribution in [0.1, 0.15) is 17.0 Å². The number of halogens is 2. The summed E-state index contributed by atoms with van der Waals surface area (Å²) in [6.45, 7) is 2.68. The quantitative estimate of drug-likeness (QED) is 0.889. The highest BCUT2D eigenvalue weighted by molar-refractivity contribution is 5.17. The Hall–Kier alpha value is -1.75. The summed E-state index contributed by atoms with van der Waals surface area (Å²) in [4.78, 5) is 0. The van der Waals surface area contributed by atoms with Crippen LogP contribution < -0.4 is 5.32 Å². The van der Waals surface area contributed by atoms with E-state index in [0.29, 0.717) is 18.7 Å². The van der Waals surface area contributed by atoms with Crippen LogP contribution in [0.3, 0.4) is 0 Å². The molecule has 0 bridgehead atoms. The first kappa shape index (κ1) is 11.7. The summed E-state index contributed by atoms with van der Waals surface area (Å²) in [6, 6.07) is 5.25. The molecular formula is C12H12F2N2O. The molecule has 0 amide bonds. The molecule has 2 rings (SSSR count). The van der Waals surface area contributed by atoms with Crippen molar-refractivity contribution in [2.75, 3.05) is 0 Å². The third kappa shape index (κ3) is 3.35. The Labute approximate surface area is 97.4 Å². The van der Waals surface area contributed by atoms with Crippen LogP contribution in [-0.2, 0) is 13.1 Å². The zero-order chi connectivity index (χ0) is 12.3. The highest BCUT2D eigenvalue weighted by atomic mass is 19.1. The number of aromatic nitrogens is 1. The normalized spacial score (nSPS) is 10.8. The van der Waals surface area contributed by atoms with Gasteiger partial charge in [0.15, 0.2) is 0 Å². The topological polar surface area (TPSA) is 38.1 Å². The molecule has 0 aliphatic carbocycles. The van der Waals surface area contributed by atoms with Gasteiger partial charge in [-0.1, -0.05) is 5.16 Å². The second kappa shape index (κ2) is 5.05. The first-order valence-electron chi connectivity index (χ1n) is 5.21. The van der Waals surface area contributed by atoms with Gasteiger partial charge in [0.25, 0.3) is 0 Å². The van der Waals surface area contributed by atoms with Crippen molar-refractivity contribution < 1.29 is 13.3 Å². The fraction of sp³-hybridized carbons (Fsp3) is 0.250. The fourth-order valence-electron chi connectivity index (χ4n) is 1.55. The molecule has 2 aromatic rings. The lowest BCUT2D eigenvalue weighted by Crippen LogP contribution is -2.13. The summed E-state index contributed by atoms with van der Waals surface area (Å²) in [5.41, 5.74) is 1.32. The van der Waals surface area contributed by atoms with Crippen molar-refractivity contribution in [1.29, 1.82) is 0 Å². The van der Waals surface area contributed by atoms with Crippen molar-refractivity contribution in [2.24, 2.45) is 0 Å². The molecule has 1 aromatic heterocycles. The van der Waals surface area contributed by atoms with Gasteiger partial charge in [-0.15, -0.1) is 0 Å². The maximum atomic E-state index is 12.9. The van der Waals surface area contributed by atoms with E-state index in [1.165, 1.54) is 12.1 Å². The largest absolute Gasteiger partial charge is 0.361 e. The molecule has 17 heavy (non-hydrogen) atoms. The lowest BCUT2D eigenvalue weighted by Gasteiger charge is -2.03. The molecule has 0 spiro atoms. The Balaban J connectivity index is 1.89. The molecule has 3 nitrogen and oxygen atoms in total. The van der Waals surface area contributed by atoms with Crippen LogP contribution in [0, 0.1) is 18.6 Å². The van der Waals surface area contributed by atoms with Crippen LogP contribution in [0.5, 0.6) is 0 Å². The third-order valence-electron chi connectivity index (χ3n) is 2.23. The summed E-state index contributed by atoms with van der Waals surface area (Å²) in [6.07, 6.45) is 0. The van der Waals surface area contributed by atoms with Crippen LogP contribution in [-0.4, -0.2) is 5.16 Å². The van der Waals surface area contributed by atoms with Crippen LogP contribution in [0.4, 0.5) is 8.78 Å². The van der Waals surface area contributed by atoms with E-state index in [1.807, 2.05) is 0 Å². The number of benzene rings is 1. The van der Waals surface area contributed by atoms with Gasteiger partial charge in [-0.3, -0.25) is 0 Å². The summed E-state index contributed by atoms with van der Waals surface area (Å²) in [5, 5.41) is 6.83. The first-order chi connectivity index (χ1) is 8.13.